The van der Waals surface area contributed by atoms with Gasteiger partial charge in [0, 0.05) is 17.3 Å². The molecule has 0 fully saturated rings. The van der Waals surface area contributed by atoms with E-state index in [-0.39, 0.29) is 17.6 Å². The molecule has 2 rings (SSSR count). The van der Waals surface area contributed by atoms with Gasteiger partial charge in [-0.1, -0.05) is 18.2 Å². The Morgan fingerprint density at radius 3 is 2.44 bits per heavy atom. The Morgan fingerprint density at radius 1 is 1.11 bits per heavy atom. The van der Waals surface area contributed by atoms with Gasteiger partial charge >= 0.3 is 0 Å². The zero-order chi connectivity index (χ0) is 13.1. The number of nitrogens with one attached hydrogen (secondary N) is 1. The smallest absolute Gasteiger partial charge is 0.128 e. The van der Waals surface area contributed by atoms with Gasteiger partial charge in [-0.05, 0) is 43.7 Å². The molecule has 0 aromatic heterocycles. The van der Waals surface area contributed by atoms with Crippen molar-refractivity contribution in [2.75, 3.05) is 5.32 Å². The lowest BCUT2D eigenvalue weighted by Crippen LogP contribution is -2.08. The van der Waals surface area contributed by atoms with Gasteiger partial charge in [0.2, 0.25) is 0 Å². The SMILES string of the molecule is Cc1c(F)cccc1NC(C)c1ccc(O)cc1. The summed E-state index contributed by atoms with van der Waals surface area (Å²) in [5, 5.41) is 12.5. The van der Waals surface area contributed by atoms with Gasteiger partial charge in [-0.15, -0.1) is 0 Å². The van der Waals surface area contributed by atoms with Crippen LogP contribution < -0.4 is 5.32 Å². The summed E-state index contributed by atoms with van der Waals surface area (Å²) in [6.45, 7) is 3.75. The Labute approximate surface area is 106 Å². The molecule has 1 atom stereocenters. The average molecular weight is 245 g/mol. The molecule has 0 bridgehead atoms. The fourth-order valence-electron chi connectivity index (χ4n) is 1.84. The third kappa shape index (κ3) is 2.62. The Kier molecular flexibility index (Phi) is 3.51. The van der Waals surface area contributed by atoms with E-state index in [2.05, 4.69) is 5.32 Å². The van der Waals surface area contributed by atoms with Crippen molar-refractivity contribution >= 4 is 5.69 Å². The molecule has 0 aliphatic carbocycles. The first-order valence-electron chi connectivity index (χ1n) is 5.88. The molecular formula is C15H16FNO. The first-order valence-corrected chi connectivity index (χ1v) is 5.88. The van der Waals surface area contributed by atoms with Crippen LogP contribution in [-0.2, 0) is 0 Å². The van der Waals surface area contributed by atoms with E-state index >= 15 is 0 Å². The fourth-order valence-corrected chi connectivity index (χ4v) is 1.84. The monoisotopic (exact) mass is 245 g/mol. The second-order valence-corrected chi connectivity index (χ2v) is 4.37. The normalized spacial score (nSPS) is 12.2. The van der Waals surface area contributed by atoms with Crippen LogP contribution >= 0.6 is 0 Å². The van der Waals surface area contributed by atoms with Crippen LogP contribution in [0.25, 0.3) is 0 Å². The molecule has 3 heteroatoms. The number of phenolic OH excluding ortho intramolecular Hbond substituents is 1. The van der Waals surface area contributed by atoms with Crippen LogP contribution in [0.2, 0.25) is 0 Å². The van der Waals surface area contributed by atoms with Crippen LogP contribution in [-0.4, -0.2) is 5.11 Å². The highest BCUT2D eigenvalue weighted by Crippen LogP contribution is 2.24. The number of halogens is 1. The highest BCUT2D eigenvalue weighted by Gasteiger charge is 2.08. The van der Waals surface area contributed by atoms with Gasteiger partial charge < -0.3 is 10.4 Å². The van der Waals surface area contributed by atoms with Crippen molar-refractivity contribution in [2.24, 2.45) is 0 Å². The first-order chi connectivity index (χ1) is 8.58. The number of aromatic hydroxyl groups is 1. The Bertz CT molecular complexity index is 537. The minimum atomic E-state index is -0.210. The van der Waals surface area contributed by atoms with E-state index < -0.39 is 0 Å². The molecule has 18 heavy (non-hydrogen) atoms. The molecule has 1 unspecified atom stereocenters. The molecule has 94 valence electrons. The molecule has 0 saturated carbocycles. The third-order valence-corrected chi connectivity index (χ3v) is 3.03. The quantitative estimate of drug-likeness (QED) is 0.856. The number of phenols is 1. The molecular weight excluding hydrogens is 229 g/mol. The predicted molar refractivity (Wildman–Crippen MR) is 71.3 cm³/mol. The summed E-state index contributed by atoms with van der Waals surface area (Å²) in [6, 6.07) is 12.0. The summed E-state index contributed by atoms with van der Waals surface area (Å²) in [5.41, 5.74) is 2.44. The van der Waals surface area contributed by atoms with Crippen molar-refractivity contribution in [3.05, 3.63) is 59.4 Å². The van der Waals surface area contributed by atoms with E-state index in [1.807, 2.05) is 25.1 Å². The van der Waals surface area contributed by atoms with E-state index in [0.29, 0.717) is 5.56 Å². The lowest BCUT2D eigenvalue weighted by Gasteiger charge is -2.17. The molecule has 2 N–H and O–H groups in total. The van der Waals surface area contributed by atoms with Crippen LogP contribution in [0.1, 0.15) is 24.1 Å². The molecule has 0 heterocycles. The Balaban J connectivity index is 2.18. The largest absolute Gasteiger partial charge is 0.508 e. The summed E-state index contributed by atoms with van der Waals surface area (Å²) >= 11 is 0. The van der Waals surface area contributed by atoms with Crippen LogP contribution in [0.4, 0.5) is 10.1 Å². The lowest BCUT2D eigenvalue weighted by atomic mass is 10.1. The van der Waals surface area contributed by atoms with Crippen molar-refractivity contribution in [1.82, 2.24) is 0 Å². The number of hydrogen-bond acceptors (Lipinski definition) is 2. The summed E-state index contributed by atoms with van der Waals surface area (Å²) in [6.07, 6.45) is 0. The second kappa shape index (κ2) is 5.08. The van der Waals surface area contributed by atoms with Gasteiger partial charge in [-0.2, -0.15) is 0 Å². The number of hydrogen-bond donors (Lipinski definition) is 2. The van der Waals surface area contributed by atoms with Crippen molar-refractivity contribution in [1.29, 1.82) is 0 Å². The number of benzene rings is 2. The van der Waals surface area contributed by atoms with E-state index in [1.165, 1.54) is 6.07 Å². The Morgan fingerprint density at radius 2 is 1.78 bits per heavy atom. The summed E-state index contributed by atoms with van der Waals surface area (Å²) in [4.78, 5) is 0. The van der Waals surface area contributed by atoms with E-state index in [9.17, 15) is 9.50 Å². The van der Waals surface area contributed by atoms with Gasteiger partial charge in [0.15, 0.2) is 0 Å². The standard InChI is InChI=1S/C15H16FNO/c1-10-14(16)4-3-5-15(10)17-11(2)12-6-8-13(18)9-7-12/h3-9,11,17-18H,1-2H3. The van der Waals surface area contributed by atoms with Gasteiger partial charge in [0.1, 0.15) is 11.6 Å². The maximum absolute atomic E-state index is 13.4. The molecule has 0 aliphatic rings. The second-order valence-electron chi connectivity index (χ2n) is 4.37. The summed E-state index contributed by atoms with van der Waals surface area (Å²) in [7, 11) is 0. The topological polar surface area (TPSA) is 32.3 Å². The molecule has 2 aromatic carbocycles. The maximum atomic E-state index is 13.4. The predicted octanol–water partition coefficient (Wildman–Crippen LogP) is 4.01. The van der Waals surface area contributed by atoms with Crippen LogP contribution in [0.15, 0.2) is 42.5 Å². The number of anilines is 1. The van der Waals surface area contributed by atoms with E-state index in [0.717, 1.165) is 11.3 Å². The van der Waals surface area contributed by atoms with Gasteiger partial charge in [0.25, 0.3) is 0 Å². The molecule has 0 spiro atoms. The average Bonchev–Trinajstić information content (AvgIpc) is 2.36. The lowest BCUT2D eigenvalue weighted by molar-refractivity contribution is 0.475. The van der Waals surface area contributed by atoms with Gasteiger partial charge in [0.05, 0.1) is 0 Å². The van der Waals surface area contributed by atoms with Crippen molar-refractivity contribution in [2.45, 2.75) is 19.9 Å². The summed E-state index contributed by atoms with van der Waals surface area (Å²) < 4.78 is 13.4. The zero-order valence-electron chi connectivity index (χ0n) is 10.4. The maximum Gasteiger partial charge on any atom is 0.128 e. The molecule has 2 aromatic rings. The van der Waals surface area contributed by atoms with Crippen LogP contribution in [0.3, 0.4) is 0 Å². The fraction of sp³-hybridized carbons (Fsp3) is 0.200. The zero-order valence-corrected chi connectivity index (χ0v) is 10.4. The minimum Gasteiger partial charge on any atom is -0.508 e. The first kappa shape index (κ1) is 12.4. The molecule has 0 amide bonds. The highest BCUT2D eigenvalue weighted by atomic mass is 19.1. The molecule has 0 saturated heterocycles. The van der Waals surface area contributed by atoms with Crippen LogP contribution in [0.5, 0.6) is 5.75 Å². The molecule has 2 nitrogen and oxygen atoms in total. The van der Waals surface area contributed by atoms with E-state index in [1.54, 1.807) is 25.1 Å². The summed E-state index contributed by atoms with van der Waals surface area (Å²) in [5.74, 6) is 0.0331. The molecule has 0 radical (unpaired) electrons. The minimum absolute atomic E-state index is 0.0473. The third-order valence-electron chi connectivity index (χ3n) is 3.03. The molecule has 0 aliphatic heterocycles. The van der Waals surface area contributed by atoms with Gasteiger partial charge in [-0.3, -0.25) is 0 Å². The Hall–Kier alpha value is -2.03. The van der Waals surface area contributed by atoms with Crippen molar-refractivity contribution in [3.8, 4) is 5.75 Å². The van der Waals surface area contributed by atoms with Crippen LogP contribution in [0, 0.1) is 12.7 Å². The van der Waals surface area contributed by atoms with Crippen molar-refractivity contribution in [3.63, 3.8) is 0 Å². The highest BCUT2D eigenvalue weighted by molar-refractivity contribution is 5.52. The van der Waals surface area contributed by atoms with E-state index in [4.69, 9.17) is 0 Å². The van der Waals surface area contributed by atoms with Gasteiger partial charge in [-0.25, -0.2) is 4.39 Å². The van der Waals surface area contributed by atoms with Crippen molar-refractivity contribution < 1.29 is 9.50 Å². The number of rotatable bonds is 3.